The summed E-state index contributed by atoms with van der Waals surface area (Å²) >= 11 is 0. The zero-order valence-corrected chi connectivity index (χ0v) is 30.4. The number of hydrogen-bond donors (Lipinski definition) is 4. The average molecular weight is 670 g/mol. The smallest absolute Gasteiger partial charge is 0.408 e. The highest BCUT2D eigenvalue weighted by atomic mass is 16.6. The molecular weight excluding hydrogens is 614 g/mol. The zero-order chi connectivity index (χ0) is 36.4. The molecule has 1 aromatic carbocycles. The van der Waals surface area contributed by atoms with Crippen LogP contribution in [0.15, 0.2) is 30.3 Å². The molecule has 5 atom stereocenters. The van der Waals surface area contributed by atoms with Gasteiger partial charge in [-0.1, -0.05) is 78.3 Å². The number of rotatable bonds is 12. The van der Waals surface area contributed by atoms with Crippen molar-refractivity contribution in [3.05, 3.63) is 35.9 Å². The molecule has 2 fully saturated rings. The second kappa shape index (κ2) is 14.3. The number of likely N-dealkylation sites (tertiary alicyclic amines) is 1. The molecule has 0 aromatic heterocycles. The predicted molar refractivity (Wildman–Crippen MR) is 181 cm³/mol. The Morgan fingerprint density at radius 1 is 0.938 bits per heavy atom. The molecule has 0 radical (unpaired) electrons. The van der Waals surface area contributed by atoms with Gasteiger partial charge in [0, 0.05) is 6.54 Å². The minimum Gasteiger partial charge on any atom is -0.444 e. The van der Waals surface area contributed by atoms with Crippen LogP contribution in [0.5, 0.6) is 0 Å². The summed E-state index contributed by atoms with van der Waals surface area (Å²) in [4.78, 5) is 81.2. The largest absolute Gasteiger partial charge is 0.444 e. The number of nitrogens with zero attached hydrogens (tertiary/aromatic N) is 1. The third-order valence-corrected chi connectivity index (χ3v) is 9.33. The summed E-state index contributed by atoms with van der Waals surface area (Å²) in [6.45, 7) is 20.1. The maximum atomic E-state index is 14.1. The fourth-order valence-electron chi connectivity index (χ4n) is 6.59. The van der Waals surface area contributed by atoms with Crippen LogP contribution in [0.3, 0.4) is 0 Å². The van der Waals surface area contributed by atoms with E-state index in [9.17, 15) is 28.8 Å². The maximum Gasteiger partial charge on any atom is 0.408 e. The van der Waals surface area contributed by atoms with Gasteiger partial charge < -0.3 is 30.9 Å². The maximum absolute atomic E-state index is 14.1. The second-order valence-electron chi connectivity index (χ2n) is 16.3. The van der Waals surface area contributed by atoms with E-state index in [1.807, 2.05) is 85.7 Å². The van der Waals surface area contributed by atoms with Crippen molar-refractivity contribution in [3.8, 4) is 0 Å². The molecule has 1 saturated carbocycles. The number of alkyl carbamates (subject to hydrolysis) is 1. The highest BCUT2D eigenvalue weighted by Gasteiger charge is 2.70. The van der Waals surface area contributed by atoms with E-state index in [0.29, 0.717) is 13.0 Å². The van der Waals surface area contributed by atoms with Crippen LogP contribution >= 0.6 is 0 Å². The van der Waals surface area contributed by atoms with Crippen molar-refractivity contribution >= 4 is 35.5 Å². The normalized spacial score (nSPS) is 21.2. The molecule has 1 aliphatic carbocycles. The average Bonchev–Trinajstić information content (AvgIpc) is 3.27. The minimum absolute atomic E-state index is 0.0571. The minimum atomic E-state index is -1.15. The van der Waals surface area contributed by atoms with E-state index < -0.39 is 76.7 Å². The number of benzene rings is 1. The van der Waals surface area contributed by atoms with Crippen LogP contribution in [0.1, 0.15) is 94.6 Å². The van der Waals surface area contributed by atoms with Gasteiger partial charge in [-0.2, -0.15) is 0 Å². The summed E-state index contributed by atoms with van der Waals surface area (Å²) in [5.41, 5.74) is -1.52. The first-order valence-electron chi connectivity index (χ1n) is 16.8. The van der Waals surface area contributed by atoms with Crippen LogP contribution in [0, 0.1) is 22.7 Å². The molecule has 266 valence electrons. The Labute approximate surface area is 284 Å². The highest BCUT2D eigenvalue weighted by Crippen LogP contribution is 2.65. The number of hydrogen-bond acceptors (Lipinski definition) is 7. The standard InChI is InChI=1S/C36H55N5O7/c1-12-16-23(27(43)30(45)37-19-24(42)40-36(10,11)21-17-14-13-15-18-21)38-29(44)26-25-22(35(25,8)9)20-41(26)31(46)28(33(2,3)4)39-32(47)48-34(5,6)7/h13-15,17-18,22-23,25-26,28H,12,16,19-20H2,1-11H3,(H,37,45)(H,38,44)(H,39,47)(H,40,42)/t22-,23?,25-,26-,28+/m0/s1. The molecule has 1 unspecified atom stereocenters. The number of amides is 5. The van der Waals surface area contributed by atoms with Crippen molar-refractivity contribution in [2.45, 2.75) is 118 Å². The van der Waals surface area contributed by atoms with Crippen molar-refractivity contribution in [2.24, 2.45) is 22.7 Å². The summed E-state index contributed by atoms with van der Waals surface area (Å²) in [5, 5.41) is 10.7. The Hall–Kier alpha value is -3.96. The van der Waals surface area contributed by atoms with Crippen molar-refractivity contribution in [2.75, 3.05) is 13.1 Å². The van der Waals surface area contributed by atoms with E-state index >= 15 is 0 Å². The summed E-state index contributed by atoms with van der Waals surface area (Å²) < 4.78 is 5.42. The van der Waals surface area contributed by atoms with Crippen molar-refractivity contribution in [1.29, 1.82) is 0 Å². The van der Waals surface area contributed by atoms with Gasteiger partial charge in [0.1, 0.15) is 17.7 Å². The van der Waals surface area contributed by atoms with Crippen molar-refractivity contribution in [1.82, 2.24) is 26.2 Å². The zero-order valence-electron chi connectivity index (χ0n) is 30.4. The second-order valence-corrected chi connectivity index (χ2v) is 16.3. The lowest BCUT2D eigenvalue weighted by Gasteiger charge is -2.38. The van der Waals surface area contributed by atoms with Crippen molar-refractivity contribution < 1.29 is 33.5 Å². The van der Waals surface area contributed by atoms with Gasteiger partial charge in [-0.05, 0) is 69.3 Å². The fourth-order valence-corrected chi connectivity index (χ4v) is 6.59. The lowest BCUT2D eigenvalue weighted by Crippen LogP contribution is -2.61. The molecule has 0 spiro atoms. The van der Waals surface area contributed by atoms with E-state index in [4.69, 9.17) is 4.74 Å². The van der Waals surface area contributed by atoms with Gasteiger partial charge in [0.2, 0.25) is 23.5 Å². The number of Topliss-reactive ketones (excluding diaryl/α,β-unsaturated/α-hetero) is 1. The van der Waals surface area contributed by atoms with E-state index in [-0.39, 0.29) is 23.7 Å². The molecule has 3 rings (SSSR count). The Balaban J connectivity index is 1.72. The molecule has 0 bridgehead atoms. The molecule has 5 amide bonds. The Bertz CT molecular complexity index is 1390. The number of piperidine rings is 1. The third kappa shape index (κ3) is 9.14. The first-order chi connectivity index (χ1) is 22.0. The Morgan fingerprint density at radius 3 is 2.08 bits per heavy atom. The van der Waals surface area contributed by atoms with E-state index in [1.54, 1.807) is 20.8 Å². The van der Waals surface area contributed by atoms with Gasteiger partial charge in [-0.25, -0.2) is 4.79 Å². The van der Waals surface area contributed by atoms with Crippen LogP contribution in [0.25, 0.3) is 0 Å². The van der Waals surface area contributed by atoms with Gasteiger partial charge >= 0.3 is 6.09 Å². The number of carbonyl (C=O) groups is 6. The van der Waals surface area contributed by atoms with Crippen LogP contribution in [0.2, 0.25) is 0 Å². The monoisotopic (exact) mass is 669 g/mol. The lowest BCUT2D eigenvalue weighted by atomic mass is 9.85. The van der Waals surface area contributed by atoms with Gasteiger partial charge in [0.25, 0.3) is 5.91 Å². The molecular formula is C36H55N5O7. The molecule has 1 aromatic rings. The third-order valence-electron chi connectivity index (χ3n) is 9.33. The predicted octanol–water partition coefficient (Wildman–Crippen LogP) is 3.43. The Morgan fingerprint density at radius 2 is 1.54 bits per heavy atom. The van der Waals surface area contributed by atoms with Crippen LogP contribution < -0.4 is 21.3 Å². The van der Waals surface area contributed by atoms with E-state index in [0.717, 1.165) is 5.56 Å². The molecule has 4 N–H and O–H groups in total. The van der Waals surface area contributed by atoms with Crippen LogP contribution in [-0.2, 0) is 34.2 Å². The number of ether oxygens (including phenoxy) is 1. The number of carbonyl (C=O) groups excluding carboxylic acids is 6. The molecule has 1 aliphatic heterocycles. The highest BCUT2D eigenvalue weighted by molar-refractivity contribution is 6.38. The SMILES string of the molecule is CCCC(NC(=O)[C@@H]1[C@@H]2[C@H](CN1C(=O)[C@@H](NC(=O)OC(C)(C)C)C(C)(C)C)C2(C)C)C(=O)C(=O)NCC(=O)NC(C)(C)c1ccccc1. The van der Waals surface area contributed by atoms with Gasteiger partial charge in [0.05, 0.1) is 18.1 Å². The first-order valence-corrected chi connectivity index (χ1v) is 16.8. The molecule has 12 heteroatoms. The fraction of sp³-hybridized carbons (Fsp3) is 0.667. The van der Waals surface area contributed by atoms with Crippen LogP contribution in [0.4, 0.5) is 4.79 Å². The summed E-state index contributed by atoms with van der Waals surface area (Å²) in [6.07, 6.45) is -0.0564. The number of fused-ring (bicyclic) bond motifs is 1. The summed E-state index contributed by atoms with van der Waals surface area (Å²) in [7, 11) is 0. The van der Waals surface area contributed by atoms with Gasteiger partial charge in [-0.3, -0.25) is 24.0 Å². The number of ketones is 1. The van der Waals surface area contributed by atoms with Gasteiger partial charge in [0.15, 0.2) is 0 Å². The topological polar surface area (TPSA) is 163 Å². The summed E-state index contributed by atoms with van der Waals surface area (Å²) in [5.74, 6) is -3.39. The number of nitrogens with one attached hydrogen (secondary N) is 4. The van der Waals surface area contributed by atoms with E-state index in [1.165, 1.54) is 4.90 Å². The van der Waals surface area contributed by atoms with Crippen molar-refractivity contribution in [3.63, 3.8) is 0 Å². The first kappa shape index (κ1) is 38.5. The quantitative estimate of drug-likeness (QED) is 0.248. The molecule has 1 saturated heterocycles. The van der Waals surface area contributed by atoms with Gasteiger partial charge in [-0.15, -0.1) is 0 Å². The lowest BCUT2D eigenvalue weighted by molar-refractivity contribution is -0.145. The molecule has 48 heavy (non-hydrogen) atoms. The molecule has 1 heterocycles. The van der Waals surface area contributed by atoms with E-state index in [2.05, 4.69) is 21.3 Å². The van der Waals surface area contributed by atoms with Crippen LogP contribution in [-0.4, -0.2) is 77.2 Å². The molecule has 12 nitrogen and oxygen atoms in total. The Kier molecular flexibility index (Phi) is 11.4. The molecule has 2 aliphatic rings. The summed E-state index contributed by atoms with van der Waals surface area (Å²) in [6, 6.07) is 6.32.